The van der Waals surface area contributed by atoms with Crippen molar-refractivity contribution in [2.75, 3.05) is 19.8 Å². The van der Waals surface area contributed by atoms with Crippen molar-refractivity contribution in [1.82, 2.24) is 4.90 Å². The minimum atomic E-state index is -0.0392. The molecule has 0 unspecified atom stereocenters. The van der Waals surface area contributed by atoms with Gasteiger partial charge in [-0.25, -0.2) is 0 Å². The number of benzene rings is 2. The summed E-state index contributed by atoms with van der Waals surface area (Å²) in [6, 6.07) is 17.3. The molecule has 0 saturated heterocycles. The summed E-state index contributed by atoms with van der Waals surface area (Å²) in [4.78, 5) is 14.2. The van der Waals surface area contributed by atoms with E-state index < -0.39 is 0 Å². The van der Waals surface area contributed by atoms with Crippen LogP contribution >= 0.6 is 0 Å². The fraction of sp³-hybridized carbons (Fsp3) is 0.316. The van der Waals surface area contributed by atoms with Gasteiger partial charge in [0.2, 0.25) is 0 Å². The van der Waals surface area contributed by atoms with E-state index in [2.05, 4.69) is 0 Å². The van der Waals surface area contributed by atoms with Crippen LogP contribution in [0, 0.1) is 0 Å². The molecule has 4 nitrogen and oxygen atoms in total. The Bertz CT molecular complexity index is 613. The number of amides is 1. The predicted molar refractivity (Wildman–Crippen MR) is 90.6 cm³/mol. The lowest BCUT2D eigenvalue weighted by Gasteiger charge is -2.21. The number of likely N-dealkylation sites (N-methyl/N-ethyl adjacent to an activating group) is 1. The number of para-hydroxylation sites is 2. The highest BCUT2D eigenvalue weighted by Gasteiger charge is 2.14. The van der Waals surface area contributed by atoms with E-state index >= 15 is 0 Å². The first-order valence-electron chi connectivity index (χ1n) is 7.91. The van der Waals surface area contributed by atoms with Gasteiger partial charge in [0.15, 0.2) is 18.1 Å². The second-order valence-corrected chi connectivity index (χ2v) is 5.06. The summed E-state index contributed by atoms with van der Waals surface area (Å²) in [5.74, 6) is 1.22. The Kier molecular flexibility index (Phi) is 6.48. The van der Waals surface area contributed by atoms with Gasteiger partial charge in [0.25, 0.3) is 5.91 Å². The summed E-state index contributed by atoms with van der Waals surface area (Å²) in [6.07, 6.45) is 0. The largest absolute Gasteiger partial charge is 0.490 e. The third kappa shape index (κ3) is 5.02. The molecule has 2 rings (SSSR count). The van der Waals surface area contributed by atoms with Gasteiger partial charge < -0.3 is 14.4 Å². The Morgan fingerprint density at radius 3 is 2.13 bits per heavy atom. The van der Waals surface area contributed by atoms with Crippen molar-refractivity contribution in [2.24, 2.45) is 0 Å². The van der Waals surface area contributed by atoms with Crippen molar-refractivity contribution in [3.8, 4) is 11.5 Å². The van der Waals surface area contributed by atoms with E-state index in [-0.39, 0.29) is 12.5 Å². The molecule has 0 aliphatic rings. The zero-order chi connectivity index (χ0) is 16.5. The fourth-order valence-electron chi connectivity index (χ4n) is 2.26. The van der Waals surface area contributed by atoms with Crippen molar-refractivity contribution < 1.29 is 14.3 Å². The van der Waals surface area contributed by atoms with E-state index in [9.17, 15) is 4.79 Å². The van der Waals surface area contributed by atoms with E-state index in [4.69, 9.17) is 9.47 Å². The van der Waals surface area contributed by atoms with Crippen molar-refractivity contribution in [1.29, 1.82) is 0 Å². The van der Waals surface area contributed by atoms with Crippen molar-refractivity contribution in [3.63, 3.8) is 0 Å². The highest BCUT2D eigenvalue weighted by molar-refractivity contribution is 5.77. The molecule has 122 valence electrons. The molecule has 0 fully saturated rings. The molecule has 23 heavy (non-hydrogen) atoms. The first-order valence-corrected chi connectivity index (χ1v) is 7.91. The number of hydrogen-bond acceptors (Lipinski definition) is 3. The van der Waals surface area contributed by atoms with E-state index in [0.717, 1.165) is 5.56 Å². The van der Waals surface area contributed by atoms with Crippen LogP contribution in [-0.2, 0) is 11.3 Å². The highest BCUT2D eigenvalue weighted by Crippen LogP contribution is 2.26. The lowest BCUT2D eigenvalue weighted by Crippen LogP contribution is -2.34. The van der Waals surface area contributed by atoms with E-state index in [1.807, 2.05) is 68.4 Å². The molecule has 0 saturated carbocycles. The smallest absolute Gasteiger partial charge is 0.260 e. The van der Waals surface area contributed by atoms with Crippen LogP contribution in [-0.4, -0.2) is 30.6 Å². The van der Waals surface area contributed by atoms with Gasteiger partial charge in [-0.15, -0.1) is 0 Å². The summed E-state index contributed by atoms with van der Waals surface area (Å²) in [5, 5.41) is 0. The maximum atomic E-state index is 12.4. The molecule has 0 aliphatic carbocycles. The third-order valence-corrected chi connectivity index (χ3v) is 3.45. The molecule has 0 atom stereocenters. The second kappa shape index (κ2) is 8.83. The maximum absolute atomic E-state index is 12.4. The second-order valence-electron chi connectivity index (χ2n) is 5.06. The standard InChI is InChI=1S/C19H23NO3/c1-3-20(14-16-10-6-5-7-11-16)19(21)15-23-18-13-9-8-12-17(18)22-4-2/h5-13H,3-4,14-15H2,1-2H3. The lowest BCUT2D eigenvalue weighted by atomic mass is 10.2. The lowest BCUT2D eigenvalue weighted by molar-refractivity contribution is -0.133. The van der Waals surface area contributed by atoms with Crippen molar-refractivity contribution in [3.05, 3.63) is 60.2 Å². The molecular formula is C19H23NO3. The Labute approximate surface area is 137 Å². The molecule has 0 heterocycles. The number of ether oxygens (including phenoxy) is 2. The quantitative estimate of drug-likeness (QED) is 0.748. The molecule has 0 radical (unpaired) electrons. The predicted octanol–water partition coefficient (Wildman–Crippen LogP) is 3.51. The van der Waals surface area contributed by atoms with Crippen LogP contribution in [0.5, 0.6) is 11.5 Å². The summed E-state index contributed by atoms with van der Waals surface area (Å²) in [6.45, 7) is 5.68. The van der Waals surface area contributed by atoms with Gasteiger partial charge in [-0.1, -0.05) is 42.5 Å². The normalized spacial score (nSPS) is 10.2. The van der Waals surface area contributed by atoms with Crippen LogP contribution in [0.25, 0.3) is 0 Å². The molecule has 0 spiro atoms. The third-order valence-electron chi connectivity index (χ3n) is 3.45. The topological polar surface area (TPSA) is 38.8 Å². The zero-order valence-electron chi connectivity index (χ0n) is 13.7. The monoisotopic (exact) mass is 313 g/mol. The Morgan fingerprint density at radius 2 is 1.52 bits per heavy atom. The molecule has 2 aromatic rings. The van der Waals surface area contributed by atoms with Gasteiger partial charge in [0.1, 0.15) is 0 Å². The molecule has 1 amide bonds. The molecule has 0 N–H and O–H groups in total. The van der Waals surface area contributed by atoms with Gasteiger partial charge in [-0.05, 0) is 31.5 Å². The molecule has 0 aliphatic heterocycles. The van der Waals surface area contributed by atoms with E-state index in [0.29, 0.717) is 31.2 Å². The average Bonchev–Trinajstić information content (AvgIpc) is 2.60. The van der Waals surface area contributed by atoms with Crippen molar-refractivity contribution in [2.45, 2.75) is 20.4 Å². The Hall–Kier alpha value is -2.49. The highest BCUT2D eigenvalue weighted by atomic mass is 16.5. The van der Waals surface area contributed by atoms with Crippen LogP contribution in [0.3, 0.4) is 0 Å². The summed E-state index contributed by atoms with van der Waals surface area (Å²) >= 11 is 0. The number of carbonyl (C=O) groups is 1. The molecule has 0 aromatic heterocycles. The molecule has 4 heteroatoms. The summed E-state index contributed by atoms with van der Waals surface area (Å²) in [7, 11) is 0. The first-order chi connectivity index (χ1) is 11.2. The minimum absolute atomic E-state index is 0.00472. The van der Waals surface area contributed by atoms with E-state index in [1.54, 1.807) is 4.90 Å². The fourth-order valence-corrected chi connectivity index (χ4v) is 2.26. The van der Waals surface area contributed by atoms with Crippen LogP contribution in [0.1, 0.15) is 19.4 Å². The maximum Gasteiger partial charge on any atom is 0.260 e. The number of nitrogens with zero attached hydrogens (tertiary/aromatic N) is 1. The van der Waals surface area contributed by atoms with Gasteiger partial charge in [0, 0.05) is 13.1 Å². The summed E-state index contributed by atoms with van der Waals surface area (Å²) in [5.41, 5.74) is 1.11. The van der Waals surface area contributed by atoms with Gasteiger partial charge in [0.05, 0.1) is 6.61 Å². The van der Waals surface area contributed by atoms with Crippen LogP contribution in [0.2, 0.25) is 0 Å². The SMILES string of the molecule is CCOc1ccccc1OCC(=O)N(CC)Cc1ccccc1. The molecular weight excluding hydrogens is 290 g/mol. The minimum Gasteiger partial charge on any atom is -0.490 e. The summed E-state index contributed by atoms with van der Waals surface area (Å²) < 4.78 is 11.2. The zero-order valence-corrected chi connectivity index (χ0v) is 13.7. The Balaban J connectivity index is 1.95. The van der Waals surface area contributed by atoms with Crippen molar-refractivity contribution >= 4 is 5.91 Å². The number of rotatable bonds is 8. The Morgan fingerprint density at radius 1 is 0.913 bits per heavy atom. The van der Waals surface area contributed by atoms with Crippen LogP contribution in [0.15, 0.2) is 54.6 Å². The first kappa shape index (κ1) is 16.9. The molecule has 0 bridgehead atoms. The number of hydrogen-bond donors (Lipinski definition) is 0. The average molecular weight is 313 g/mol. The van der Waals surface area contributed by atoms with E-state index in [1.165, 1.54) is 0 Å². The number of carbonyl (C=O) groups excluding carboxylic acids is 1. The van der Waals surface area contributed by atoms with Gasteiger partial charge in [-0.3, -0.25) is 4.79 Å². The van der Waals surface area contributed by atoms with Crippen LogP contribution in [0.4, 0.5) is 0 Å². The van der Waals surface area contributed by atoms with Gasteiger partial charge in [-0.2, -0.15) is 0 Å². The van der Waals surface area contributed by atoms with Crippen LogP contribution < -0.4 is 9.47 Å². The van der Waals surface area contributed by atoms with Gasteiger partial charge >= 0.3 is 0 Å². The molecule has 2 aromatic carbocycles.